The Morgan fingerprint density at radius 2 is 1.92 bits per heavy atom. The summed E-state index contributed by atoms with van der Waals surface area (Å²) in [4.78, 5) is 15.2. The Kier molecular flexibility index (Phi) is 5.87. The van der Waals surface area contributed by atoms with E-state index >= 15 is 0 Å². The van der Waals surface area contributed by atoms with E-state index in [4.69, 9.17) is 4.52 Å². The van der Waals surface area contributed by atoms with Gasteiger partial charge in [-0.3, -0.25) is 4.79 Å². The lowest BCUT2D eigenvalue weighted by Gasteiger charge is -2.31. The number of likely N-dealkylation sites (tertiary alicyclic amines) is 1. The average molecular weight is 341 g/mol. The second kappa shape index (κ2) is 8.30. The smallest absolute Gasteiger partial charge is 0.257 e. The number of aromatic nitrogens is 1. The van der Waals surface area contributed by atoms with E-state index in [1.807, 2.05) is 25.1 Å². The summed E-state index contributed by atoms with van der Waals surface area (Å²) >= 11 is 0. The molecule has 1 aliphatic rings. The summed E-state index contributed by atoms with van der Waals surface area (Å²) in [6.07, 6.45) is 4.63. The van der Waals surface area contributed by atoms with Gasteiger partial charge >= 0.3 is 0 Å². The second-order valence-electron chi connectivity index (χ2n) is 6.92. The third-order valence-corrected chi connectivity index (χ3v) is 4.85. The Bertz CT molecular complexity index is 671. The number of nitrogens with zero attached hydrogens (tertiary/aromatic N) is 2. The highest BCUT2D eigenvalue weighted by Crippen LogP contribution is 2.15. The molecule has 1 N–H and O–H groups in total. The molecule has 1 aromatic carbocycles. The van der Waals surface area contributed by atoms with Crippen molar-refractivity contribution in [3.8, 4) is 0 Å². The molecule has 1 aliphatic heterocycles. The first-order valence-electron chi connectivity index (χ1n) is 9.13. The zero-order valence-corrected chi connectivity index (χ0v) is 15.1. The van der Waals surface area contributed by atoms with Crippen molar-refractivity contribution in [3.63, 3.8) is 0 Å². The summed E-state index contributed by atoms with van der Waals surface area (Å²) in [6, 6.07) is 10.4. The fourth-order valence-corrected chi connectivity index (χ4v) is 3.58. The van der Waals surface area contributed by atoms with Crippen LogP contribution in [0.5, 0.6) is 0 Å². The number of piperidine rings is 1. The minimum Gasteiger partial charge on any atom is -0.361 e. The minimum absolute atomic E-state index is 0.0710. The standard InChI is InChI=1S/C20H27N3O2/c1-15-19(16(2)25-22-15)20(24)21-18(13-17-9-5-3-6-10-17)14-23-11-7-4-8-12-23/h3,5-6,9-10,18H,4,7-8,11-14H2,1-2H3,(H,21,24)/t18-/m1/s1. The van der Waals surface area contributed by atoms with Gasteiger partial charge in [-0.15, -0.1) is 0 Å². The Morgan fingerprint density at radius 1 is 1.20 bits per heavy atom. The maximum atomic E-state index is 12.8. The van der Waals surface area contributed by atoms with Gasteiger partial charge in [-0.2, -0.15) is 0 Å². The van der Waals surface area contributed by atoms with E-state index in [1.165, 1.54) is 24.8 Å². The van der Waals surface area contributed by atoms with Crippen LogP contribution in [-0.4, -0.2) is 41.6 Å². The quantitative estimate of drug-likeness (QED) is 0.877. The van der Waals surface area contributed by atoms with Crippen LogP contribution >= 0.6 is 0 Å². The Labute approximate surface area is 149 Å². The second-order valence-corrected chi connectivity index (χ2v) is 6.92. The molecule has 1 atom stereocenters. The van der Waals surface area contributed by atoms with Gasteiger partial charge in [0.05, 0.1) is 5.69 Å². The molecule has 2 aromatic rings. The lowest BCUT2D eigenvalue weighted by Crippen LogP contribution is -2.46. The normalized spacial score (nSPS) is 16.6. The molecule has 1 aromatic heterocycles. The highest BCUT2D eigenvalue weighted by molar-refractivity contribution is 5.96. The molecule has 3 rings (SSSR count). The van der Waals surface area contributed by atoms with Gasteiger partial charge in [0.15, 0.2) is 0 Å². The maximum Gasteiger partial charge on any atom is 0.257 e. The first kappa shape index (κ1) is 17.7. The summed E-state index contributed by atoms with van der Waals surface area (Å²) < 4.78 is 5.14. The molecule has 5 nitrogen and oxygen atoms in total. The van der Waals surface area contributed by atoms with Crippen LogP contribution in [0.25, 0.3) is 0 Å². The number of amides is 1. The molecule has 0 spiro atoms. The molecule has 0 saturated carbocycles. The van der Waals surface area contributed by atoms with E-state index in [2.05, 4.69) is 27.5 Å². The van der Waals surface area contributed by atoms with Crippen molar-refractivity contribution in [1.82, 2.24) is 15.4 Å². The zero-order valence-electron chi connectivity index (χ0n) is 15.1. The van der Waals surface area contributed by atoms with Crippen LogP contribution in [0.2, 0.25) is 0 Å². The van der Waals surface area contributed by atoms with Crippen molar-refractivity contribution in [2.24, 2.45) is 0 Å². The number of nitrogens with one attached hydrogen (secondary N) is 1. The number of hydrogen-bond donors (Lipinski definition) is 1. The van der Waals surface area contributed by atoms with Crippen molar-refractivity contribution in [2.75, 3.05) is 19.6 Å². The van der Waals surface area contributed by atoms with Gasteiger partial charge in [0, 0.05) is 12.6 Å². The van der Waals surface area contributed by atoms with Gasteiger partial charge in [0.25, 0.3) is 5.91 Å². The first-order chi connectivity index (χ1) is 12.1. The molecule has 1 fully saturated rings. The molecular weight excluding hydrogens is 314 g/mol. The minimum atomic E-state index is -0.0887. The fraction of sp³-hybridized carbons (Fsp3) is 0.500. The van der Waals surface area contributed by atoms with E-state index in [-0.39, 0.29) is 11.9 Å². The first-order valence-corrected chi connectivity index (χ1v) is 9.13. The van der Waals surface area contributed by atoms with Gasteiger partial charge in [-0.1, -0.05) is 41.9 Å². The highest BCUT2D eigenvalue weighted by atomic mass is 16.5. The number of benzene rings is 1. The predicted octanol–water partition coefficient (Wildman–Crippen LogP) is 3.12. The van der Waals surface area contributed by atoms with Gasteiger partial charge < -0.3 is 14.7 Å². The van der Waals surface area contributed by atoms with Gasteiger partial charge in [-0.25, -0.2) is 0 Å². The molecule has 134 valence electrons. The molecule has 0 aliphatic carbocycles. The molecular formula is C20H27N3O2. The zero-order chi connectivity index (χ0) is 17.6. The summed E-state index contributed by atoms with van der Waals surface area (Å²) in [6.45, 7) is 6.71. The molecule has 1 amide bonds. The number of hydrogen-bond acceptors (Lipinski definition) is 4. The van der Waals surface area contributed by atoms with E-state index < -0.39 is 0 Å². The molecule has 2 heterocycles. The SMILES string of the molecule is Cc1noc(C)c1C(=O)N[C@H](Cc1ccccc1)CN1CCCCC1. The Hall–Kier alpha value is -2.14. The van der Waals surface area contributed by atoms with Crippen LogP contribution in [0.1, 0.15) is 46.6 Å². The van der Waals surface area contributed by atoms with E-state index in [9.17, 15) is 4.79 Å². The predicted molar refractivity (Wildman–Crippen MR) is 97.7 cm³/mol. The topological polar surface area (TPSA) is 58.4 Å². The van der Waals surface area contributed by atoms with Gasteiger partial charge in [0.2, 0.25) is 0 Å². The van der Waals surface area contributed by atoms with Gasteiger partial charge in [-0.05, 0) is 51.8 Å². The largest absolute Gasteiger partial charge is 0.361 e. The van der Waals surface area contributed by atoms with Crippen molar-refractivity contribution in [1.29, 1.82) is 0 Å². The van der Waals surface area contributed by atoms with Crippen LogP contribution in [0.15, 0.2) is 34.9 Å². The van der Waals surface area contributed by atoms with Crippen LogP contribution < -0.4 is 5.32 Å². The molecule has 0 radical (unpaired) electrons. The molecule has 5 heteroatoms. The average Bonchev–Trinajstić information content (AvgIpc) is 2.95. The monoisotopic (exact) mass is 341 g/mol. The third-order valence-electron chi connectivity index (χ3n) is 4.85. The lowest BCUT2D eigenvalue weighted by molar-refractivity contribution is 0.0918. The summed E-state index contributed by atoms with van der Waals surface area (Å²) in [5.74, 6) is 0.487. The summed E-state index contributed by atoms with van der Waals surface area (Å²) in [7, 11) is 0. The number of carbonyl (C=O) groups is 1. The molecule has 0 bridgehead atoms. The number of aryl methyl sites for hydroxylation is 2. The number of carbonyl (C=O) groups excluding carboxylic acids is 1. The molecule has 25 heavy (non-hydrogen) atoms. The Morgan fingerprint density at radius 3 is 2.56 bits per heavy atom. The van der Waals surface area contributed by atoms with Crippen molar-refractivity contribution < 1.29 is 9.32 Å². The fourth-order valence-electron chi connectivity index (χ4n) is 3.58. The lowest BCUT2D eigenvalue weighted by atomic mass is 10.0. The highest BCUT2D eigenvalue weighted by Gasteiger charge is 2.23. The third kappa shape index (κ3) is 4.69. The van der Waals surface area contributed by atoms with Crippen LogP contribution in [0.4, 0.5) is 0 Å². The maximum absolute atomic E-state index is 12.8. The van der Waals surface area contributed by atoms with Crippen molar-refractivity contribution in [2.45, 2.75) is 45.6 Å². The summed E-state index contributed by atoms with van der Waals surface area (Å²) in [5, 5.41) is 7.11. The van der Waals surface area contributed by atoms with Crippen molar-refractivity contribution in [3.05, 3.63) is 52.9 Å². The van der Waals surface area contributed by atoms with E-state index in [0.29, 0.717) is 17.0 Å². The van der Waals surface area contributed by atoms with Crippen LogP contribution in [-0.2, 0) is 6.42 Å². The summed E-state index contributed by atoms with van der Waals surface area (Å²) in [5.41, 5.74) is 2.45. The van der Waals surface area contributed by atoms with Crippen LogP contribution in [0.3, 0.4) is 0 Å². The molecule has 1 saturated heterocycles. The number of rotatable bonds is 6. The molecule has 0 unspecified atom stereocenters. The van der Waals surface area contributed by atoms with E-state index in [0.717, 1.165) is 26.1 Å². The van der Waals surface area contributed by atoms with E-state index in [1.54, 1.807) is 6.92 Å². The van der Waals surface area contributed by atoms with Crippen molar-refractivity contribution >= 4 is 5.91 Å². The Balaban J connectivity index is 1.71. The van der Waals surface area contributed by atoms with Gasteiger partial charge in [0.1, 0.15) is 11.3 Å². The van der Waals surface area contributed by atoms with Crippen LogP contribution in [0, 0.1) is 13.8 Å².